The van der Waals surface area contributed by atoms with Gasteiger partial charge in [-0.15, -0.1) is 11.3 Å². The van der Waals surface area contributed by atoms with E-state index in [2.05, 4.69) is 0 Å². The zero-order chi connectivity index (χ0) is 21.0. The largest absolute Gasteiger partial charge is 0.451 e. The first-order valence-electron chi connectivity index (χ1n) is 8.55. The van der Waals surface area contributed by atoms with Gasteiger partial charge < -0.3 is 15.4 Å². The van der Waals surface area contributed by atoms with Crippen LogP contribution in [0.5, 0.6) is 0 Å². The molecule has 3 rings (SSSR count). The van der Waals surface area contributed by atoms with Gasteiger partial charge in [-0.2, -0.15) is 0 Å². The van der Waals surface area contributed by atoms with Gasteiger partial charge in [-0.3, -0.25) is 9.59 Å². The number of thiophene rings is 1. The molecule has 1 aromatic heterocycles. The number of fused-ring (bicyclic) bond motifs is 1. The molecule has 1 heterocycles. The number of primary amides is 1. The van der Waals surface area contributed by atoms with Gasteiger partial charge in [0, 0.05) is 28.7 Å². The maximum atomic E-state index is 13.4. The third kappa shape index (κ3) is 4.90. The summed E-state index contributed by atoms with van der Waals surface area (Å²) in [5.41, 5.74) is 5.73. The monoisotopic (exact) mass is 434 g/mol. The van der Waals surface area contributed by atoms with Gasteiger partial charge in [0.25, 0.3) is 5.91 Å². The number of nitrogens with two attached hydrogens (primary N) is 1. The quantitative estimate of drug-likeness (QED) is 0.573. The van der Waals surface area contributed by atoms with Crippen LogP contribution in [0.15, 0.2) is 48.5 Å². The van der Waals surface area contributed by atoms with Crippen LogP contribution in [0.25, 0.3) is 10.1 Å². The topological polar surface area (TPSA) is 89.7 Å². The number of benzene rings is 2. The Morgan fingerprint density at radius 3 is 2.55 bits per heavy atom. The highest BCUT2D eigenvalue weighted by Gasteiger charge is 2.22. The number of halogens is 2. The molecule has 150 valence electrons. The van der Waals surface area contributed by atoms with E-state index >= 15 is 0 Å². The van der Waals surface area contributed by atoms with E-state index in [-0.39, 0.29) is 22.9 Å². The van der Waals surface area contributed by atoms with Crippen molar-refractivity contribution in [1.82, 2.24) is 0 Å². The molecule has 3 aromatic rings. The lowest BCUT2D eigenvalue weighted by atomic mass is 10.2. The predicted molar refractivity (Wildman–Crippen MR) is 110 cm³/mol. The lowest BCUT2D eigenvalue weighted by Gasteiger charge is -2.22. The fourth-order valence-corrected chi connectivity index (χ4v) is 4.10. The summed E-state index contributed by atoms with van der Waals surface area (Å²) in [5.74, 6) is -2.31. The van der Waals surface area contributed by atoms with Crippen LogP contribution in [0.1, 0.15) is 16.1 Å². The second kappa shape index (κ2) is 9.02. The average Bonchev–Trinajstić information content (AvgIpc) is 3.02. The minimum Gasteiger partial charge on any atom is -0.451 e. The summed E-state index contributed by atoms with van der Waals surface area (Å²) in [4.78, 5) is 37.5. The van der Waals surface area contributed by atoms with E-state index in [4.69, 9.17) is 22.1 Å². The number of hydrogen-bond acceptors (Lipinski definition) is 5. The van der Waals surface area contributed by atoms with Crippen molar-refractivity contribution in [2.24, 2.45) is 5.73 Å². The molecule has 0 saturated carbocycles. The Morgan fingerprint density at radius 1 is 1.14 bits per heavy atom. The molecule has 2 N–H and O–H groups in total. The van der Waals surface area contributed by atoms with Crippen LogP contribution in [0.3, 0.4) is 0 Å². The number of carbonyl (C=O) groups is 3. The summed E-state index contributed by atoms with van der Waals surface area (Å²) < 4.78 is 19.0. The maximum Gasteiger partial charge on any atom is 0.350 e. The fourth-order valence-electron chi connectivity index (χ4n) is 2.67. The van der Waals surface area contributed by atoms with Gasteiger partial charge in [0.15, 0.2) is 6.61 Å². The van der Waals surface area contributed by atoms with Crippen molar-refractivity contribution in [2.75, 3.05) is 18.1 Å². The van der Waals surface area contributed by atoms with Gasteiger partial charge in [-0.1, -0.05) is 29.8 Å². The number of esters is 1. The average molecular weight is 435 g/mol. The van der Waals surface area contributed by atoms with Gasteiger partial charge in [0.1, 0.15) is 10.7 Å². The molecule has 2 aromatic carbocycles. The molecule has 0 bridgehead atoms. The van der Waals surface area contributed by atoms with E-state index in [0.29, 0.717) is 15.8 Å². The molecule has 0 aliphatic heterocycles. The standard InChI is InChI=1S/C20H16ClFN2O4S/c21-18-14-7-6-12(22)10-15(14)29-19(18)20(27)28-11-17(26)24(9-8-16(23)25)13-4-2-1-3-5-13/h1-7,10H,8-9,11H2,(H2,23,25). The van der Waals surface area contributed by atoms with Crippen LogP contribution in [0, 0.1) is 5.82 Å². The Hall–Kier alpha value is -2.97. The van der Waals surface area contributed by atoms with Crippen molar-refractivity contribution in [3.8, 4) is 0 Å². The first-order valence-corrected chi connectivity index (χ1v) is 9.74. The van der Waals surface area contributed by atoms with E-state index in [1.807, 2.05) is 0 Å². The van der Waals surface area contributed by atoms with Crippen molar-refractivity contribution in [2.45, 2.75) is 6.42 Å². The number of nitrogens with zero attached hydrogens (tertiary/aromatic N) is 1. The molecule has 0 atom stereocenters. The molecular formula is C20H16ClFN2O4S. The zero-order valence-electron chi connectivity index (χ0n) is 15.1. The summed E-state index contributed by atoms with van der Waals surface area (Å²) in [6.07, 6.45) is -0.0394. The normalized spacial score (nSPS) is 10.7. The van der Waals surface area contributed by atoms with Gasteiger partial charge >= 0.3 is 5.97 Å². The van der Waals surface area contributed by atoms with E-state index in [9.17, 15) is 18.8 Å². The van der Waals surface area contributed by atoms with Crippen molar-refractivity contribution in [1.29, 1.82) is 0 Å². The predicted octanol–water partition coefficient (Wildman–Crippen LogP) is 3.76. The summed E-state index contributed by atoms with van der Waals surface area (Å²) in [6.45, 7) is -0.496. The number of ether oxygens (including phenoxy) is 1. The summed E-state index contributed by atoms with van der Waals surface area (Å²) >= 11 is 7.19. The van der Waals surface area contributed by atoms with E-state index < -0.39 is 30.2 Å². The lowest BCUT2D eigenvalue weighted by molar-refractivity contribution is -0.121. The SMILES string of the molecule is NC(=O)CCN(C(=O)COC(=O)c1sc2cc(F)ccc2c1Cl)c1ccccc1. The molecular weight excluding hydrogens is 419 g/mol. The summed E-state index contributed by atoms with van der Waals surface area (Å²) in [7, 11) is 0. The van der Waals surface area contributed by atoms with Gasteiger partial charge in [-0.25, -0.2) is 9.18 Å². The molecule has 0 radical (unpaired) electrons. The fraction of sp³-hybridized carbons (Fsp3) is 0.150. The molecule has 0 fully saturated rings. The molecule has 6 nitrogen and oxygen atoms in total. The first-order chi connectivity index (χ1) is 13.9. The molecule has 2 amide bonds. The second-order valence-electron chi connectivity index (χ2n) is 6.06. The van der Waals surface area contributed by atoms with Crippen LogP contribution in [-0.4, -0.2) is 30.9 Å². The number of carbonyl (C=O) groups excluding carboxylic acids is 3. The van der Waals surface area contributed by atoms with Crippen molar-refractivity contribution < 1.29 is 23.5 Å². The highest BCUT2D eigenvalue weighted by Crippen LogP contribution is 2.36. The van der Waals surface area contributed by atoms with Crippen LogP contribution >= 0.6 is 22.9 Å². The third-order valence-corrected chi connectivity index (χ3v) is 5.69. The van der Waals surface area contributed by atoms with Crippen molar-refractivity contribution >= 4 is 56.5 Å². The molecule has 0 saturated heterocycles. The Morgan fingerprint density at radius 2 is 1.86 bits per heavy atom. The minimum atomic E-state index is -0.784. The number of rotatable bonds is 7. The van der Waals surface area contributed by atoms with Crippen molar-refractivity contribution in [3.63, 3.8) is 0 Å². The highest BCUT2D eigenvalue weighted by molar-refractivity contribution is 7.21. The molecule has 0 aliphatic carbocycles. The molecule has 9 heteroatoms. The van der Waals surface area contributed by atoms with Gasteiger partial charge in [0.2, 0.25) is 5.91 Å². The number of amides is 2. The van der Waals surface area contributed by atoms with E-state index in [1.165, 1.54) is 23.1 Å². The Bertz CT molecular complexity index is 1070. The first kappa shape index (κ1) is 20.8. The molecule has 0 spiro atoms. The Labute approximate surface area is 174 Å². The number of hydrogen-bond donors (Lipinski definition) is 1. The van der Waals surface area contributed by atoms with Crippen LogP contribution < -0.4 is 10.6 Å². The number of para-hydroxylation sites is 1. The highest BCUT2D eigenvalue weighted by atomic mass is 35.5. The lowest BCUT2D eigenvalue weighted by Crippen LogP contribution is -2.37. The Kier molecular flexibility index (Phi) is 6.46. The van der Waals surface area contributed by atoms with Gasteiger partial charge in [0.05, 0.1) is 5.02 Å². The molecule has 0 aliphatic rings. The maximum absolute atomic E-state index is 13.4. The molecule has 29 heavy (non-hydrogen) atoms. The summed E-state index contributed by atoms with van der Waals surface area (Å²) in [5, 5.41) is 0.680. The Balaban J connectivity index is 1.73. The van der Waals surface area contributed by atoms with E-state index in [0.717, 1.165) is 11.3 Å². The van der Waals surface area contributed by atoms with Crippen LogP contribution in [0.2, 0.25) is 5.02 Å². The third-order valence-electron chi connectivity index (χ3n) is 4.05. The second-order valence-corrected chi connectivity index (χ2v) is 7.49. The number of anilines is 1. The smallest absolute Gasteiger partial charge is 0.350 e. The minimum absolute atomic E-state index is 0.0394. The molecule has 0 unspecified atom stereocenters. The van der Waals surface area contributed by atoms with Crippen LogP contribution in [-0.2, 0) is 14.3 Å². The zero-order valence-corrected chi connectivity index (χ0v) is 16.6. The van der Waals surface area contributed by atoms with E-state index in [1.54, 1.807) is 30.3 Å². The summed E-state index contributed by atoms with van der Waals surface area (Å²) in [6, 6.07) is 12.6. The van der Waals surface area contributed by atoms with Gasteiger partial charge in [-0.05, 0) is 30.3 Å². The van der Waals surface area contributed by atoms with Crippen LogP contribution in [0.4, 0.5) is 10.1 Å². The van der Waals surface area contributed by atoms with Crippen molar-refractivity contribution in [3.05, 3.63) is 64.2 Å².